The molecule has 0 fully saturated rings. The molecule has 1 heterocycles. The monoisotopic (exact) mass is 344 g/mol. The summed E-state index contributed by atoms with van der Waals surface area (Å²) < 4.78 is 5.13. The molecule has 25 heavy (non-hydrogen) atoms. The summed E-state index contributed by atoms with van der Waals surface area (Å²) >= 11 is 0. The first-order chi connectivity index (χ1) is 11.7. The van der Waals surface area contributed by atoms with Gasteiger partial charge in [-0.25, -0.2) is 0 Å². The number of benzene rings is 1. The molecular formula is C19H24N2O4. The van der Waals surface area contributed by atoms with Gasteiger partial charge in [0.15, 0.2) is 5.76 Å². The van der Waals surface area contributed by atoms with Gasteiger partial charge in [0.25, 0.3) is 11.8 Å². The molecule has 0 bridgehead atoms. The van der Waals surface area contributed by atoms with Gasteiger partial charge in [-0.05, 0) is 37.1 Å². The van der Waals surface area contributed by atoms with Gasteiger partial charge in [-0.2, -0.15) is 0 Å². The third kappa shape index (κ3) is 4.28. The van der Waals surface area contributed by atoms with Gasteiger partial charge < -0.3 is 19.7 Å². The van der Waals surface area contributed by atoms with Crippen LogP contribution in [-0.4, -0.2) is 36.1 Å². The van der Waals surface area contributed by atoms with Crippen molar-refractivity contribution in [1.82, 2.24) is 5.32 Å². The number of nitrogens with one attached hydrogen (secondary N) is 1. The van der Waals surface area contributed by atoms with E-state index in [2.05, 4.69) is 5.32 Å². The van der Waals surface area contributed by atoms with E-state index >= 15 is 0 Å². The number of nitrogens with zero attached hydrogens (tertiary/aromatic N) is 1. The molecule has 2 amide bonds. The number of anilines is 1. The minimum Gasteiger partial charge on any atom is -0.459 e. The lowest BCUT2D eigenvalue weighted by atomic mass is 9.92. The molecule has 0 radical (unpaired) electrons. The fourth-order valence-corrected chi connectivity index (χ4v) is 2.19. The highest BCUT2D eigenvalue weighted by Crippen LogP contribution is 2.22. The van der Waals surface area contributed by atoms with Gasteiger partial charge in [0.1, 0.15) is 0 Å². The number of carbonyl (C=O) groups is 2. The molecule has 134 valence electrons. The van der Waals surface area contributed by atoms with Crippen LogP contribution in [0, 0.1) is 5.92 Å². The summed E-state index contributed by atoms with van der Waals surface area (Å²) in [4.78, 5) is 26.4. The fraction of sp³-hybridized carbons (Fsp3) is 0.368. The van der Waals surface area contributed by atoms with Crippen molar-refractivity contribution < 1.29 is 19.1 Å². The Bertz CT molecular complexity index is 736. The Kier molecular flexibility index (Phi) is 5.64. The van der Waals surface area contributed by atoms with E-state index in [1.54, 1.807) is 50.4 Å². The molecule has 0 saturated heterocycles. The first-order valence-corrected chi connectivity index (χ1v) is 8.15. The van der Waals surface area contributed by atoms with Crippen LogP contribution in [0.15, 0.2) is 47.1 Å². The average molecular weight is 344 g/mol. The number of amides is 2. The van der Waals surface area contributed by atoms with Crippen LogP contribution in [-0.2, 0) is 0 Å². The average Bonchev–Trinajstić information content (AvgIpc) is 3.13. The zero-order chi connectivity index (χ0) is 18.6. The molecular weight excluding hydrogens is 320 g/mol. The highest BCUT2D eigenvalue weighted by Gasteiger charge is 2.27. The number of carbonyl (C=O) groups excluding carboxylic acids is 2. The fourth-order valence-electron chi connectivity index (χ4n) is 2.19. The van der Waals surface area contributed by atoms with E-state index < -0.39 is 5.60 Å². The molecule has 2 aromatic rings. The Labute approximate surface area is 147 Å². The summed E-state index contributed by atoms with van der Waals surface area (Å²) in [6, 6.07) is 10.0. The number of hydrogen-bond donors (Lipinski definition) is 2. The van der Waals surface area contributed by atoms with Crippen molar-refractivity contribution in [2.75, 3.05) is 18.5 Å². The second-order valence-corrected chi connectivity index (χ2v) is 6.55. The smallest absolute Gasteiger partial charge is 0.293 e. The van der Waals surface area contributed by atoms with Gasteiger partial charge in [0, 0.05) is 13.6 Å². The second kappa shape index (κ2) is 7.53. The number of hydrogen-bond acceptors (Lipinski definition) is 4. The van der Waals surface area contributed by atoms with Crippen LogP contribution in [0.2, 0.25) is 0 Å². The predicted molar refractivity (Wildman–Crippen MR) is 95.7 cm³/mol. The van der Waals surface area contributed by atoms with E-state index in [0.29, 0.717) is 11.3 Å². The summed E-state index contributed by atoms with van der Waals surface area (Å²) in [5.74, 6) is -0.512. The Balaban J connectivity index is 2.20. The summed E-state index contributed by atoms with van der Waals surface area (Å²) in [7, 11) is 1.58. The van der Waals surface area contributed by atoms with Crippen molar-refractivity contribution in [3.8, 4) is 0 Å². The van der Waals surface area contributed by atoms with E-state index in [-0.39, 0.29) is 30.0 Å². The molecule has 6 heteroatoms. The van der Waals surface area contributed by atoms with E-state index in [1.165, 1.54) is 11.2 Å². The molecule has 2 rings (SSSR count). The Morgan fingerprint density at radius 1 is 1.24 bits per heavy atom. The Morgan fingerprint density at radius 2 is 1.92 bits per heavy atom. The normalized spacial score (nSPS) is 13.4. The van der Waals surface area contributed by atoms with Gasteiger partial charge >= 0.3 is 0 Å². The number of aliphatic hydroxyl groups is 1. The number of rotatable bonds is 6. The summed E-state index contributed by atoms with van der Waals surface area (Å²) in [6.45, 7) is 5.57. The zero-order valence-corrected chi connectivity index (χ0v) is 14.9. The van der Waals surface area contributed by atoms with E-state index in [0.717, 1.165) is 0 Å². The maximum absolute atomic E-state index is 12.6. The van der Waals surface area contributed by atoms with E-state index in [1.807, 2.05) is 13.8 Å². The van der Waals surface area contributed by atoms with Crippen LogP contribution < -0.4 is 10.2 Å². The van der Waals surface area contributed by atoms with Crippen LogP contribution in [0.3, 0.4) is 0 Å². The molecule has 1 atom stereocenters. The van der Waals surface area contributed by atoms with Gasteiger partial charge in [0.2, 0.25) is 0 Å². The molecule has 1 aromatic heterocycles. The lowest BCUT2D eigenvalue weighted by molar-refractivity contribution is 0.0142. The Hall–Kier alpha value is -2.60. The van der Waals surface area contributed by atoms with Crippen LogP contribution in [0.1, 0.15) is 41.7 Å². The zero-order valence-electron chi connectivity index (χ0n) is 14.9. The lowest BCUT2D eigenvalue weighted by Crippen LogP contribution is -2.44. The van der Waals surface area contributed by atoms with Crippen molar-refractivity contribution in [3.05, 3.63) is 54.0 Å². The van der Waals surface area contributed by atoms with Crippen molar-refractivity contribution in [3.63, 3.8) is 0 Å². The van der Waals surface area contributed by atoms with Crippen LogP contribution in [0.25, 0.3) is 0 Å². The van der Waals surface area contributed by atoms with Crippen LogP contribution >= 0.6 is 0 Å². The SMILES string of the molecule is CC(C)C(C)(O)CNC(=O)c1ccccc1N(C)C(=O)c1ccco1. The Morgan fingerprint density at radius 3 is 2.52 bits per heavy atom. The van der Waals surface area contributed by atoms with Gasteiger partial charge in [-0.15, -0.1) is 0 Å². The van der Waals surface area contributed by atoms with Crippen molar-refractivity contribution in [2.45, 2.75) is 26.4 Å². The van der Waals surface area contributed by atoms with Crippen molar-refractivity contribution >= 4 is 17.5 Å². The van der Waals surface area contributed by atoms with E-state index in [4.69, 9.17) is 4.42 Å². The molecule has 0 aliphatic carbocycles. The largest absolute Gasteiger partial charge is 0.459 e. The maximum atomic E-state index is 12.6. The van der Waals surface area contributed by atoms with Gasteiger partial charge in [0.05, 0.1) is 23.1 Å². The first kappa shape index (κ1) is 18.7. The van der Waals surface area contributed by atoms with Gasteiger partial charge in [-0.1, -0.05) is 26.0 Å². The molecule has 0 aliphatic heterocycles. The van der Waals surface area contributed by atoms with Crippen LogP contribution in [0.5, 0.6) is 0 Å². The van der Waals surface area contributed by atoms with Crippen LogP contribution in [0.4, 0.5) is 5.69 Å². The first-order valence-electron chi connectivity index (χ1n) is 8.15. The molecule has 0 saturated carbocycles. The van der Waals surface area contributed by atoms with Gasteiger partial charge in [-0.3, -0.25) is 9.59 Å². The lowest BCUT2D eigenvalue weighted by Gasteiger charge is -2.28. The molecule has 0 aliphatic rings. The maximum Gasteiger partial charge on any atom is 0.293 e. The summed E-state index contributed by atoms with van der Waals surface area (Å²) in [6.07, 6.45) is 1.42. The third-order valence-corrected chi connectivity index (χ3v) is 4.40. The molecule has 6 nitrogen and oxygen atoms in total. The standard InChI is InChI=1S/C19H24N2O4/c1-13(2)19(3,24)12-20-17(22)14-8-5-6-9-15(14)21(4)18(23)16-10-7-11-25-16/h5-11,13,24H,12H2,1-4H3,(H,20,22). The second-order valence-electron chi connectivity index (χ2n) is 6.55. The number of para-hydroxylation sites is 1. The highest BCUT2D eigenvalue weighted by molar-refractivity contribution is 6.09. The van der Waals surface area contributed by atoms with Crippen molar-refractivity contribution in [2.24, 2.45) is 5.92 Å². The molecule has 1 aromatic carbocycles. The van der Waals surface area contributed by atoms with Crippen molar-refractivity contribution in [1.29, 1.82) is 0 Å². The summed E-state index contributed by atoms with van der Waals surface area (Å²) in [5.41, 5.74) is -0.199. The third-order valence-electron chi connectivity index (χ3n) is 4.40. The quantitative estimate of drug-likeness (QED) is 0.844. The van der Waals surface area contributed by atoms with E-state index in [9.17, 15) is 14.7 Å². The topological polar surface area (TPSA) is 82.8 Å². The highest BCUT2D eigenvalue weighted by atomic mass is 16.3. The summed E-state index contributed by atoms with van der Waals surface area (Å²) in [5, 5.41) is 13.0. The predicted octanol–water partition coefficient (Wildman–Crippen LogP) is 2.69. The minimum absolute atomic E-state index is 0.00810. The molecule has 2 N–H and O–H groups in total. The minimum atomic E-state index is -1.01. The number of furan rings is 1. The molecule has 1 unspecified atom stereocenters. The molecule has 0 spiro atoms.